The van der Waals surface area contributed by atoms with E-state index in [2.05, 4.69) is 45.1 Å². The summed E-state index contributed by atoms with van der Waals surface area (Å²) in [5, 5.41) is 10.9. The van der Waals surface area contributed by atoms with Crippen molar-refractivity contribution in [2.75, 3.05) is 13.2 Å². The number of carbonyl (C=O) groups excluding carboxylic acids is 3. The van der Waals surface area contributed by atoms with Crippen LogP contribution in [-0.4, -0.2) is 42.3 Å². The van der Waals surface area contributed by atoms with Crippen molar-refractivity contribution in [2.24, 2.45) is 5.92 Å². The minimum Gasteiger partial charge on any atom is -0.465 e. The van der Waals surface area contributed by atoms with Crippen LogP contribution in [0.1, 0.15) is 188 Å². The molecule has 1 unspecified atom stereocenters. The summed E-state index contributed by atoms with van der Waals surface area (Å²) in [7, 11) is 0. The largest absolute Gasteiger partial charge is 0.513 e. The van der Waals surface area contributed by atoms with Gasteiger partial charge in [0.15, 0.2) is 0 Å². The summed E-state index contributed by atoms with van der Waals surface area (Å²) in [6.45, 7) is 6.66. The highest BCUT2D eigenvalue weighted by Gasteiger charge is 2.18. The normalized spacial score (nSPS) is 12.0. The van der Waals surface area contributed by atoms with Crippen molar-refractivity contribution in [1.82, 2.24) is 0 Å². The predicted octanol–water partition coefficient (Wildman–Crippen LogP) is 13.5. The van der Waals surface area contributed by atoms with E-state index in [0.29, 0.717) is 32.1 Å². The number of benzene rings is 1. The number of hydrogen-bond donors (Lipinski definition) is 0. The SMILES string of the molecule is CCCCC/C=C\C/C=C\CCCCCCCC(=O)OCC(CCCCC(=O)OC(CCCCCC)CCCCCC)COC(=O)Oc1ccc([N+](=O)[O-])cc1. The van der Waals surface area contributed by atoms with Gasteiger partial charge in [-0.3, -0.25) is 19.7 Å². The van der Waals surface area contributed by atoms with Crippen molar-refractivity contribution in [3.63, 3.8) is 0 Å². The Labute approximate surface area is 338 Å². The van der Waals surface area contributed by atoms with E-state index in [4.69, 9.17) is 18.9 Å². The summed E-state index contributed by atoms with van der Waals surface area (Å²) in [6, 6.07) is 5.13. The molecule has 0 saturated carbocycles. The van der Waals surface area contributed by atoms with Crippen molar-refractivity contribution < 1.29 is 38.3 Å². The Kier molecular flexibility index (Phi) is 32.1. The van der Waals surface area contributed by atoms with Gasteiger partial charge in [-0.05, 0) is 89.2 Å². The molecule has 0 radical (unpaired) electrons. The van der Waals surface area contributed by atoms with Gasteiger partial charge in [-0.1, -0.05) is 122 Å². The molecule has 0 amide bonds. The minimum atomic E-state index is -0.951. The third-order valence-corrected chi connectivity index (χ3v) is 9.80. The molecule has 1 atom stereocenters. The second-order valence-corrected chi connectivity index (χ2v) is 15.0. The van der Waals surface area contributed by atoms with Crippen LogP contribution in [0.5, 0.6) is 5.75 Å². The van der Waals surface area contributed by atoms with Crippen molar-refractivity contribution in [1.29, 1.82) is 0 Å². The first-order valence-corrected chi connectivity index (χ1v) is 22.0. The Morgan fingerprint density at radius 1 is 0.607 bits per heavy atom. The number of ether oxygens (including phenoxy) is 4. The molecule has 0 bridgehead atoms. The molecule has 0 aliphatic carbocycles. The molecule has 1 aromatic rings. The van der Waals surface area contributed by atoms with Crippen molar-refractivity contribution in [3.8, 4) is 5.75 Å². The maximum Gasteiger partial charge on any atom is 0.513 e. The van der Waals surface area contributed by atoms with Crippen molar-refractivity contribution >= 4 is 23.8 Å². The summed E-state index contributed by atoms with van der Waals surface area (Å²) in [5.41, 5.74) is -0.120. The van der Waals surface area contributed by atoms with Crippen LogP contribution in [0.3, 0.4) is 0 Å². The van der Waals surface area contributed by atoms with Gasteiger partial charge in [0.25, 0.3) is 5.69 Å². The Balaban J connectivity index is 2.50. The van der Waals surface area contributed by atoms with E-state index in [1.54, 1.807) is 0 Å². The molecule has 56 heavy (non-hydrogen) atoms. The second-order valence-electron chi connectivity index (χ2n) is 15.0. The van der Waals surface area contributed by atoms with Gasteiger partial charge in [0.1, 0.15) is 18.5 Å². The molecule has 0 heterocycles. The monoisotopic (exact) mass is 786 g/mol. The Morgan fingerprint density at radius 2 is 1.11 bits per heavy atom. The van der Waals surface area contributed by atoms with Crippen LogP contribution in [-0.2, 0) is 23.8 Å². The summed E-state index contributed by atoms with van der Waals surface area (Å²) in [5.74, 6) is -0.617. The van der Waals surface area contributed by atoms with E-state index in [-0.39, 0.29) is 48.6 Å². The van der Waals surface area contributed by atoms with Crippen LogP contribution < -0.4 is 4.74 Å². The molecule has 0 aliphatic heterocycles. The molecule has 1 aromatic carbocycles. The summed E-state index contributed by atoms with van der Waals surface area (Å²) in [4.78, 5) is 48.2. The van der Waals surface area contributed by atoms with E-state index in [0.717, 1.165) is 83.5 Å². The van der Waals surface area contributed by atoms with Crippen molar-refractivity contribution in [2.45, 2.75) is 194 Å². The average molecular weight is 786 g/mol. The molecule has 0 aromatic heterocycles. The van der Waals surface area contributed by atoms with Gasteiger partial charge in [0, 0.05) is 30.9 Å². The number of non-ortho nitro benzene ring substituents is 1. The number of esters is 2. The van der Waals surface area contributed by atoms with E-state index >= 15 is 0 Å². The second kappa shape index (κ2) is 35.7. The fourth-order valence-corrected chi connectivity index (χ4v) is 6.33. The maximum absolute atomic E-state index is 12.8. The molecule has 10 nitrogen and oxygen atoms in total. The molecule has 0 aliphatic rings. The van der Waals surface area contributed by atoms with E-state index < -0.39 is 11.1 Å². The first-order chi connectivity index (χ1) is 27.3. The number of allylic oxidation sites excluding steroid dienone is 4. The molecule has 10 heteroatoms. The summed E-state index contributed by atoms with van der Waals surface area (Å²) >= 11 is 0. The summed E-state index contributed by atoms with van der Waals surface area (Å²) in [6.07, 6.45) is 33.7. The van der Waals surface area contributed by atoms with Gasteiger partial charge in [0.2, 0.25) is 0 Å². The predicted molar refractivity (Wildman–Crippen MR) is 225 cm³/mol. The maximum atomic E-state index is 12.8. The topological polar surface area (TPSA) is 131 Å². The molecule has 0 saturated heterocycles. The Morgan fingerprint density at radius 3 is 1.73 bits per heavy atom. The highest BCUT2D eigenvalue weighted by Crippen LogP contribution is 2.20. The zero-order valence-corrected chi connectivity index (χ0v) is 35.2. The Hall–Kier alpha value is -3.69. The number of unbranched alkanes of at least 4 members (excludes halogenated alkanes) is 15. The zero-order chi connectivity index (χ0) is 40.9. The van der Waals surface area contributed by atoms with Crippen LogP contribution >= 0.6 is 0 Å². The lowest BCUT2D eigenvalue weighted by Crippen LogP contribution is -2.22. The number of nitrogens with zero attached hydrogens (tertiary/aromatic N) is 1. The van der Waals surface area contributed by atoms with Gasteiger partial charge in [0.05, 0.1) is 11.5 Å². The van der Waals surface area contributed by atoms with Gasteiger partial charge in [-0.15, -0.1) is 0 Å². The van der Waals surface area contributed by atoms with E-state index in [9.17, 15) is 24.5 Å². The van der Waals surface area contributed by atoms with Gasteiger partial charge >= 0.3 is 18.1 Å². The highest BCUT2D eigenvalue weighted by molar-refractivity contribution is 5.69. The number of nitro groups is 1. The molecular weight excluding hydrogens is 711 g/mol. The third-order valence-electron chi connectivity index (χ3n) is 9.80. The number of hydrogen-bond acceptors (Lipinski definition) is 9. The number of nitro benzene ring substituents is 1. The smallest absolute Gasteiger partial charge is 0.465 e. The highest BCUT2D eigenvalue weighted by atomic mass is 16.7. The van der Waals surface area contributed by atoms with Crippen LogP contribution in [0.25, 0.3) is 0 Å². The molecule has 1 rings (SSSR count). The zero-order valence-electron chi connectivity index (χ0n) is 35.2. The first kappa shape index (κ1) is 50.3. The Bertz CT molecular complexity index is 1200. The van der Waals surface area contributed by atoms with Crippen LogP contribution in [0.15, 0.2) is 48.6 Å². The fourth-order valence-electron chi connectivity index (χ4n) is 6.33. The van der Waals surface area contributed by atoms with E-state index in [1.807, 2.05) is 0 Å². The van der Waals surface area contributed by atoms with Crippen LogP contribution in [0.4, 0.5) is 10.5 Å². The number of rotatable bonds is 36. The first-order valence-electron chi connectivity index (χ1n) is 22.0. The fraction of sp³-hybridized carbons (Fsp3) is 0.717. The van der Waals surface area contributed by atoms with Crippen LogP contribution in [0.2, 0.25) is 0 Å². The molecule has 0 N–H and O–H groups in total. The van der Waals surface area contributed by atoms with Gasteiger partial charge < -0.3 is 18.9 Å². The standard InChI is InChI=1S/C46H75NO9/c1-4-7-10-13-14-15-16-17-18-19-20-21-22-23-26-32-44(48)53-38-40(39-54-46(50)56-43-36-34-41(35-37-43)47(51)52)29-27-28-33-45(49)55-42(30-24-11-8-5-2)31-25-12-9-6-3/h14-15,17-18,34-37,40,42H,4-13,16,19-33,38-39H2,1-3H3/b15-14-,18-17-. The average Bonchev–Trinajstić information content (AvgIpc) is 3.19. The van der Waals surface area contributed by atoms with Gasteiger partial charge in [-0.25, -0.2) is 4.79 Å². The lowest BCUT2D eigenvalue weighted by Gasteiger charge is -2.19. The summed E-state index contributed by atoms with van der Waals surface area (Å²) < 4.78 is 22.1. The lowest BCUT2D eigenvalue weighted by atomic mass is 10.0. The minimum absolute atomic E-state index is 0.0295. The van der Waals surface area contributed by atoms with Gasteiger partial charge in [-0.2, -0.15) is 0 Å². The third kappa shape index (κ3) is 29.6. The lowest BCUT2D eigenvalue weighted by molar-refractivity contribution is -0.384. The number of carbonyl (C=O) groups is 3. The quantitative estimate of drug-likeness (QED) is 0.0124. The van der Waals surface area contributed by atoms with Crippen LogP contribution in [0, 0.1) is 16.0 Å². The molecule has 0 fully saturated rings. The van der Waals surface area contributed by atoms with Crippen molar-refractivity contribution in [3.05, 3.63) is 58.7 Å². The molecule has 318 valence electrons. The molecular formula is C46H75NO9. The molecule has 0 spiro atoms. The van der Waals surface area contributed by atoms with E-state index in [1.165, 1.54) is 75.6 Å².